The van der Waals surface area contributed by atoms with Crippen LogP contribution >= 0.6 is 12.4 Å². The Morgan fingerprint density at radius 3 is 1.60 bits per heavy atom. The Balaban J connectivity index is -0.0000000200. The molecule has 0 aliphatic heterocycles. The zero-order valence-electron chi connectivity index (χ0n) is 2.88. The second-order valence-electron chi connectivity index (χ2n) is 0.316. The van der Waals surface area contributed by atoms with Gasteiger partial charge in [-0.1, -0.05) is 0 Å². The Morgan fingerprint density at radius 1 is 1.60 bits per heavy atom. The number of aliphatic hydroxyl groups excluding tert-OH is 1. The van der Waals surface area contributed by atoms with Crippen molar-refractivity contribution < 1.29 is 25.5 Å². The van der Waals surface area contributed by atoms with Crippen LogP contribution in [-0.2, 0) is 20.4 Å². The molecule has 38 valence electrons. The molecule has 0 radical (unpaired) electrons. The van der Waals surface area contributed by atoms with Gasteiger partial charge in [-0.25, -0.2) is 0 Å². The predicted molar refractivity (Wildman–Crippen MR) is 20.0 cm³/mol. The summed E-state index contributed by atoms with van der Waals surface area (Å²) < 4.78 is 0. The molecule has 0 bridgehead atoms. The van der Waals surface area contributed by atoms with Crippen LogP contribution in [0.2, 0.25) is 0 Å². The molecule has 0 fully saturated rings. The van der Waals surface area contributed by atoms with Crippen LogP contribution < -0.4 is 0 Å². The average molecular weight is 189 g/mol. The zero-order chi connectivity index (χ0) is 2.71. The summed E-state index contributed by atoms with van der Waals surface area (Å²) in [6.45, 7) is 1.93. The standard InChI is InChI=1S/C2H6O.ClH.Pd/c1-2-3;;/h3H,2H2,1H3;1H;. The van der Waals surface area contributed by atoms with Crippen LogP contribution in [-0.4, -0.2) is 11.7 Å². The smallest absolute Gasteiger partial charge is 0.0402 e. The first kappa shape index (κ1) is 16.8. The van der Waals surface area contributed by atoms with Gasteiger partial charge in [-0.3, -0.25) is 0 Å². The molecule has 0 aliphatic rings. The fourth-order valence-corrected chi connectivity index (χ4v) is 0. The van der Waals surface area contributed by atoms with Gasteiger partial charge in [0.25, 0.3) is 0 Å². The third-order valence-corrected chi connectivity index (χ3v) is 0. The van der Waals surface area contributed by atoms with E-state index in [0.29, 0.717) is 0 Å². The van der Waals surface area contributed by atoms with Crippen molar-refractivity contribution in [3.63, 3.8) is 0 Å². The Bertz CT molecular complexity index is 9.61. The largest absolute Gasteiger partial charge is 0.397 e. The Hall–Kier alpha value is 0.912. The van der Waals surface area contributed by atoms with Crippen LogP contribution in [0, 0.1) is 0 Å². The Kier molecular flexibility index (Phi) is 69.2. The normalized spacial score (nSPS) is 3.60. The SMILES string of the molecule is CCO.Cl.[Pd]. The van der Waals surface area contributed by atoms with E-state index >= 15 is 0 Å². The second kappa shape index (κ2) is 20.6. The van der Waals surface area contributed by atoms with Crippen LogP contribution in [0.25, 0.3) is 0 Å². The minimum Gasteiger partial charge on any atom is -0.397 e. The first-order valence-electron chi connectivity index (χ1n) is 1.02. The van der Waals surface area contributed by atoms with Gasteiger partial charge < -0.3 is 5.11 Å². The van der Waals surface area contributed by atoms with Crippen molar-refractivity contribution in [3.8, 4) is 0 Å². The van der Waals surface area contributed by atoms with Crippen LogP contribution in [0.15, 0.2) is 0 Å². The molecule has 0 aromatic rings. The van der Waals surface area contributed by atoms with Crippen molar-refractivity contribution >= 4 is 12.4 Å². The van der Waals surface area contributed by atoms with Gasteiger partial charge in [-0.05, 0) is 6.92 Å². The van der Waals surface area contributed by atoms with Crippen molar-refractivity contribution in [2.24, 2.45) is 0 Å². The third-order valence-electron chi connectivity index (χ3n) is 0. The van der Waals surface area contributed by atoms with Crippen LogP contribution in [0.5, 0.6) is 0 Å². The van der Waals surface area contributed by atoms with E-state index in [-0.39, 0.29) is 39.4 Å². The molecule has 0 unspecified atom stereocenters. The molecule has 0 heterocycles. The maximum atomic E-state index is 7.57. The van der Waals surface area contributed by atoms with Gasteiger partial charge in [0.15, 0.2) is 0 Å². The molecule has 0 aliphatic carbocycles. The fourth-order valence-electron chi connectivity index (χ4n) is 0. The molecule has 0 aromatic carbocycles. The van der Waals surface area contributed by atoms with Crippen molar-refractivity contribution in [1.29, 1.82) is 0 Å². The van der Waals surface area contributed by atoms with Crippen molar-refractivity contribution in [3.05, 3.63) is 0 Å². The van der Waals surface area contributed by atoms with Crippen LogP contribution in [0.1, 0.15) is 6.92 Å². The predicted octanol–water partition coefficient (Wildman–Crippen LogP) is 0.418. The summed E-state index contributed by atoms with van der Waals surface area (Å²) >= 11 is 0. The summed E-state index contributed by atoms with van der Waals surface area (Å²) in [5.74, 6) is 0. The third kappa shape index (κ3) is 50.1. The van der Waals surface area contributed by atoms with Gasteiger partial charge in [0.05, 0.1) is 0 Å². The summed E-state index contributed by atoms with van der Waals surface area (Å²) in [6, 6.07) is 0. The van der Waals surface area contributed by atoms with Crippen molar-refractivity contribution in [1.82, 2.24) is 0 Å². The topological polar surface area (TPSA) is 20.2 Å². The zero-order valence-corrected chi connectivity index (χ0v) is 5.25. The van der Waals surface area contributed by atoms with Gasteiger partial charge in [-0.15, -0.1) is 12.4 Å². The van der Waals surface area contributed by atoms with Gasteiger partial charge in [-0.2, -0.15) is 0 Å². The van der Waals surface area contributed by atoms with Crippen LogP contribution in [0.3, 0.4) is 0 Å². The molecule has 0 amide bonds. The van der Waals surface area contributed by atoms with E-state index in [1.165, 1.54) is 0 Å². The molecule has 0 saturated carbocycles. The van der Waals surface area contributed by atoms with E-state index < -0.39 is 0 Å². The van der Waals surface area contributed by atoms with Crippen molar-refractivity contribution in [2.75, 3.05) is 6.61 Å². The Labute approximate surface area is 51.8 Å². The van der Waals surface area contributed by atoms with Crippen LogP contribution in [0.4, 0.5) is 0 Å². The maximum Gasteiger partial charge on any atom is 0.0402 e. The number of hydrogen-bond donors (Lipinski definition) is 1. The number of rotatable bonds is 0. The minimum absolute atomic E-state index is 0. The molecule has 0 aromatic heterocycles. The number of hydrogen-bond acceptors (Lipinski definition) is 1. The summed E-state index contributed by atoms with van der Waals surface area (Å²) in [4.78, 5) is 0. The summed E-state index contributed by atoms with van der Waals surface area (Å²) in [6.07, 6.45) is 0. The minimum atomic E-state index is 0. The number of halogens is 1. The van der Waals surface area contributed by atoms with E-state index in [2.05, 4.69) is 0 Å². The second-order valence-corrected chi connectivity index (χ2v) is 0.316. The fraction of sp³-hybridized carbons (Fsp3) is 1.00. The first-order valence-corrected chi connectivity index (χ1v) is 1.02. The number of aliphatic hydroxyl groups is 1. The molecule has 3 heteroatoms. The first-order chi connectivity index (χ1) is 1.41. The molecule has 5 heavy (non-hydrogen) atoms. The van der Waals surface area contributed by atoms with E-state index in [4.69, 9.17) is 5.11 Å². The van der Waals surface area contributed by atoms with Gasteiger partial charge >= 0.3 is 0 Å². The van der Waals surface area contributed by atoms with E-state index in [9.17, 15) is 0 Å². The van der Waals surface area contributed by atoms with E-state index in [1.807, 2.05) is 0 Å². The van der Waals surface area contributed by atoms with Gasteiger partial charge in [0.2, 0.25) is 0 Å². The molecule has 1 nitrogen and oxygen atoms in total. The molecule has 0 saturated heterocycles. The molecule has 0 spiro atoms. The molecule has 0 rings (SSSR count). The van der Waals surface area contributed by atoms with E-state index in [1.54, 1.807) is 6.92 Å². The Morgan fingerprint density at radius 2 is 1.60 bits per heavy atom. The monoisotopic (exact) mass is 188 g/mol. The molecular formula is C2H7ClOPd. The maximum absolute atomic E-state index is 7.57. The molecular weight excluding hydrogens is 182 g/mol. The van der Waals surface area contributed by atoms with Gasteiger partial charge in [0.1, 0.15) is 0 Å². The summed E-state index contributed by atoms with van der Waals surface area (Å²) in [5.41, 5.74) is 0. The average Bonchev–Trinajstić information content (AvgIpc) is 0.918. The van der Waals surface area contributed by atoms with E-state index in [0.717, 1.165) is 0 Å². The summed E-state index contributed by atoms with van der Waals surface area (Å²) in [5, 5.41) is 7.57. The van der Waals surface area contributed by atoms with Crippen molar-refractivity contribution in [2.45, 2.75) is 6.92 Å². The summed E-state index contributed by atoms with van der Waals surface area (Å²) in [7, 11) is 0. The quantitative estimate of drug-likeness (QED) is 0.547. The molecule has 1 N–H and O–H groups in total. The molecule has 0 atom stereocenters. The van der Waals surface area contributed by atoms with Gasteiger partial charge in [0, 0.05) is 27.0 Å².